The van der Waals surface area contributed by atoms with Crippen molar-refractivity contribution in [3.63, 3.8) is 0 Å². The molecule has 0 saturated carbocycles. The number of carbonyl (C=O) groups is 5. The largest absolute Gasteiger partial charge is 0.468 e. The number of aryl methyl sites for hydroxylation is 1. The molecular weight excluding hydrogens is 846 g/mol. The number of nitrogens with one attached hydrogen (secondary N) is 2. The highest BCUT2D eigenvalue weighted by Crippen LogP contribution is 2.41. The summed E-state index contributed by atoms with van der Waals surface area (Å²) in [5.74, 6) is -2.17. The van der Waals surface area contributed by atoms with Crippen LogP contribution in [0.1, 0.15) is 63.0 Å². The van der Waals surface area contributed by atoms with Crippen LogP contribution in [-0.4, -0.2) is 124 Å². The van der Waals surface area contributed by atoms with E-state index in [4.69, 9.17) is 9.47 Å². The van der Waals surface area contributed by atoms with Gasteiger partial charge in [0.1, 0.15) is 18.6 Å². The van der Waals surface area contributed by atoms with Crippen LogP contribution in [0.25, 0.3) is 33.3 Å². The number of likely N-dealkylation sites (tertiary alicyclic amines) is 1. The van der Waals surface area contributed by atoms with E-state index in [-0.39, 0.29) is 55.3 Å². The van der Waals surface area contributed by atoms with Crippen molar-refractivity contribution < 1.29 is 46.6 Å². The molecule has 65 heavy (non-hydrogen) atoms. The highest BCUT2D eigenvalue weighted by atomic mass is 19.4. The third kappa shape index (κ3) is 10.9. The minimum Gasteiger partial charge on any atom is -0.468 e. The second kappa shape index (κ2) is 20.9. The van der Waals surface area contributed by atoms with Crippen molar-refractivity contribution in [1.82, 2.24) is 39.9 Å². The first-order chi connectivity index (χ1) is 31.0. The first-order valence-corrected chi connectivity index (χ1v) is 21.9. The lowest BCUT2D eigenvalue weighted by molar-refractivity contribution is -0.145. The van der Waals surface area contributed by atoms with Crippen molar-refractivity contribution in [3.8, 4) is 22.4 Å². The molecule has 4 aromatic rings. The van der Waals surface area contributed by atoms with Crippen LogP contribution in [0.3, 0.4) is 0 Å². The molecule has 4 atom stereocenters. The number of hydrazine groups is 1. The SMILES string of the molecule is C=CC(=O)N1CCC(C(=O)N(C)C(C(=O)NC(Cc2cccc(-c3ccc4c(c3)c(CCOC=O)c(-c3cnn(C)c3C(C)OC)n4CC(F)(F)F)c2)C(=O)N2CCCCN2)C(C)C)C1. The van der Waals surface area contributed by atoms with Gasteiger partial charge in [-0.05, 0) is 72.6 Å². The van der Waals surface area contributed by atoms with Gasteiger partial charge in [0.15, 0.2) is 0 Å². The number of hydrogen-bond acceptors (Lipinski definition) is 9. The van der Waals surface area contributed by atoms with E-state index in [0.717, 1.165) is 12.8 Å². The summed E-state index contributed by atoms with van der Waals surface area (Å²) in [6.07, 6.45) is -0.0573. The molecule has 0 spiro atoms. The molecule has 0 aliphatic carbocycles. The Morgan fingerprint density at radius 2 is 1.83 bits per heavy atom. The standard InChI is InChI=1S/C47H59F3N8O7/c1-8-40(60)56-20-16-34(26-56)45(62)54(5)41(29(2)3)44(61)53-38(46(63)58-19-10-9-18-51-58)23-31-12-11-13-32(22-31)33-14-15-39-36(24-33)35(17-21-65-28-59)43(57(39)27-47(48,49)50)37-25-52-55(6)42(37)30(4)64-7/h8,11-15,22,24-25,28-30,34,38,41,51H,1,9-10,16-21,23,26-27H2,2-7H3,(H,53,61). The van der Waals surface area contributed by atoms with Crippen LogP contribution in [0.4, 0.5) is 13.2 Å². The van der Waals surface area contributed by atoms with E-state index in [1.54, 1.807) is 42.7 Å². The van der Waals surface area contributed by atoms with Crippen LogP contribution in [0.15, 0.2) is 61.3 Å². The van der Waals surface area contributed by atoms with Gasteiger partial charge in [-0.1, -0.05) is 50.8 Å². The Morgan fingerprint density at radius 1 is 1.08 bits per heavy atom. The Hall–Kier alpha value is -6.01. The van der Waals surface area contributed by atoms with E-state index in [0.29, 0.717) is 76.9 Å². The molecule has 2 aliphatic heterocycles. The van der Waals surface area contributed by atoms with E-state index in [1.807, 2.05) is 44.2 Å². The minimum absolute atomic E-state index is 0.0820. The predicted octanol–water partition coefficient (Wildman–Crippen LogP) is 5.37. The van der Waals surface area contributed by atoms with E-state index in [2.05, 4.69) is 22.4 Å². The molecule has 2 aliphatic rings. The van der Waals surface area contributed by atoms with E-state index in [1.165, 1.54) is 33.9 Å². The van der Waals surface area contributed by atoms with Gasteiger partial charge in [0.2, 0.25) is 17.7 Å². The highest BCUT2D eigenvalue weighted by Gasteiger charge is 2.39. The Morgan fingerprint density at radius 3 is 2.49 bits per heavy atom. The maximum atomic E-state index is 14.4. The zero-order chi connectivity index (χ0) is 47.2. The van der Waals surface area contributed by atoms with Gasteiger partial charge in [0, 0.05) is 76.7 Å². The van der Waals surface area contributed by atoms with Gasteiger partial charge in [0.25, 0.3) is 12.4 Å². The Kier molecular flexibility index (Phi) is 15.6. The number of methoxy groups -OCH3 is 1. The molecule has 4 amide bonds. The van der Waals surface area contributed by atoms with E-state index in [9.17, 15) is 37.1 Å². The monoisotopic (exact) mass is 904 g/mol. The number of alkyl halides is 3. The van der Waals surface area contributed by atoms with Gasteiger partial charge in [-0.2, -0.15) is 18.3 Å². The highest BCUT2D eigenvalue weighted by molar-refractivity contribution is 5.96. The van der Waals surface area contributed by atoms with Crippen molar-refractivity contribution >= 4 is 41.0 Å². The molecule has 4 unspecified atom stereocenters. The van der Waals surface area contributed by atoms with Crippen LogP contribution >= 0.6 is 0 Å². The van der Waals surface area contributed by atoms with Crippen LogP contribution < -0.4 is 10.7 Å². The van der Waals surface area contributed by atoms with Crippen LogP contribution in [0.5, 0.6) is 0 Å². The summed E-state index contributed by atoms with van der Waals surface area (Å²) in [7, 11) is 4.78. The number of halogens is 3. The zero-order valence-electron chi connectivity index (χ0n) is 37.8. The molecule has 2 aromatic heterocycles. The fourth-order valence-corrected chi connectivity index (χ4v) is 9.22. The van der Waals surface area contributed by atoms with Gasteiger partial charge >= 0.3 is 6.18 Å². The molecule has 6 rings (SSSR count). The molecular formula is C47H59F3N8O7. The summed E-state index contributed by atoms with van der Waals surface area (Å²) in [5, 5.41) is 9.43. The molecule has 2 fully saturated rings. The molecule has 350 valence electrons. The van der Waals surface area contributed by atoms with Crippen molar-refractivity contribution in [2.75, 3.05) is 46.9 Å². The summed E-state index contributed by atoms with van der Waals surface area (Å²) >= 11 is 0. The third-order valence-electron chi connectivity index (χ3n) is 12.4. The van der Waals surface area contributed by atoms with Crippen LogP contribution in [0, 0.1) is 11.8 Å². The van der Waals surface area contributed by atoms with Crippen LogP contribution in [-0.2, 0) is 59.9 Å². The first kappa shape index (κ1) is 48.4. The zero-order valence-corrected chi connectivity index (χ0v) is 37.8. The fraction of sp³-hybridized carbons (Fsp3) is 0.489. The quantitative estimate of drug-likeness (QED) is 0.0761. The summed E-state index contributed by atoms with van der Waals surface area (Å²) < 4.78 is 56.7. The molecule has 0 radical (unpaired) electrons. The number of benzene rings is 2. The van der Waals surface area contributed by atoms with E-state index >= 15 is 0 Å². The first-order valence-electron chi connectivity index (χ1n) is 21.9. The second-order valence-electron chi connectivity index (χ2n) is 17.1. The fourth-order valence-electron chi connectivity index (χ4n) is 9.22. The van der Waals surface area contributed by atoms with Gasteiger partial charge in [-0.15, -0.1) is 0 Å². The number of hydrogen-bond donors (Lipinski definition) is 2. The Balaban J connectivity index is 1.36. The molecule has 18 heteroatoms. The Bertz CT molecular complexity index is 2390. The van der Waals surface area contributed by atoms with Crippen LogP contribution in [0.2, 0.25) is 0 Å². The molecule has 2 N–H and O–H groups in total. The topological polar surface area (TPSA) is 160 Å². The van der Waals surface area contributed by atoms with Crippen molar-refractivity contribution in [2.24, 2.45) is 18.9 Å². The summed E-state index contributed by atoms with van der Waals surface area (Å²) in [5.41, 5.74) is 7.38. The van der Waals surface area contributed by atoms with Gasteiger partial charge in [-0.3, -0.25) is 33.7 Å². The third-order valence-corrected chi connectivity index (χ3v) is 12.4. The molecule has 2 aromatic carbocycles. The lowest BCUT2D eigenvalue weighted by atomic mass is 9.95. The second-order valence-corrected chi connectivity index (χ2v) is 17.1. The van der Waals surface area contributed by atoms with Crippen molar-refractivity contribution in [1.29, 1.82) is 0 Å². The average Bonchev–Trinajstić information content (AvgIpc) is 4.01. The van der Waals surface area contributed by atoms with E-state index < -0.39 is 42.7 Å². The smallest absolute Gasteiger partial charge is 0.406 e. The maximum Gasteiger partial charge on any atom is 0.406 e. The van der Waals surface area contributed by atoms with Gasteiger partial charge in [0.05, 0.1) is 36.2 Å². The Labute approximate surface area is 376 Å². The maximum absolute atomic E-state index is 14.4. The number of carbonyl (C=O) groups excluding carboxylic acids is 5. The van der Waals surface area contributed by atoms with Gasteiger partial charge < -0.3 is 29.2 Å². The number of likely N-dealkylation sites (N-methyl/N-ethyl adjacent to an activating group) is 1. The lowest BCUT2D eigenvalue weighted by Crippen LogP contribution is -2.59. The number of aromatic nitrogens is 3. The molecule has 0 bridgehead atoms. The number of amides is 4. The number of rotatable bonds is 18. The summed E-state index contributed by atoms with van der Waals surface area (Å²) in [4.78, 5) is 68.8. The molecule has 15 nitrogen and oxygen atoms in total. The average molecular weight is 905 g/mol. The molecule has 4 heterocycles. The van der Waals surface area contributed by atoms with Gasteiger partial charge in [-0.25, -0.2) is 5.43 Å². The number of fused-ring (bicyclic) bond motifs is 1. The lowest BCUT2D eigenvalue weighted by Gasteiger charge is -2.35. The molecule has 2 saturated heterocycles. The number of nitrogens with zero attached hydrogens (tertiary/aromatic N) is 6. The number of ether oxygens (including phenoxy) is 2. The summed E-state index contributed by atoms with van der Waals surface area (Å²) in [6.45, 7) is 9.58. The normalized spacial score (nSPS) is 16.9. The van der Waals surface area contributed by atoms with Crippen molar-refractivity contribution in [3.05, 3.63) is 78.1 Å². The predicted molar refractivity (Wildman–Crippen MR) is 238 cm³/mol. The minimum atomic E-state index is -4.59. The van der Waals surface area contributed by atoms with Crippen molar-refractivity contribution in [2.45, 2.75) is 83.8 Å². The summed E-state index contributed by atoms with van der Waals surface area (Å²) in [6, 6.07) is 10.6.